The fourth-order valence-electron chi connectivity index (χ4n) is 2.22. The van der Waals surface area contributed by atoms with Crippen molar-refractivity contribution in [3.63, 3.8) is 0 Å². The van der Waals surface area contributed by atoms with Crippen molar-refractivity contribution in [2.45, 2.75) is 18.8 Å². The number of benzene rings is 1. The Morgan fingerprint density at radius 3 is 2.44 bits per heavy atom. The van der Waals surface area contributed by atoms with Crippen LogP contribution in [0.2, 0.25) is 5.02 Å². The number of hydrogen-bond acceptors (Lipinski definition) is 2. The van der Waals surface area contributed by atoms with Crippen molar-refractivity contribution >= 4 is 11.6 Å². The normalized spacial score (nSPS) is 14.2. The van der Waals surface area contributed by atoms with E-state index in [1.807, 2.05) is 48.7 Å². The van der Waals surface area contributed by atoms with Gasteiger partial charge >= 0.3 is 0 Å². The third-order valence-corrected chi connectivity index (χ3v) is 3.61. The van der Waals surface area contributed by atoms with Gasteiger partial charge in [0.2, 0.25) is 0 Å². The summed E-state index contributed by atoms with van der Waals surface area (Å²) in [4.78, 5) is 4.48. The molecule has 2 N–H and O–H groups in total. The van der Waals surface area contributed by atoms with E-state index in [-0.39, 0.29) is 5.41 Å². The number of rotatable bonds is 4. The van der Waals surface area contributed by atoms with Gasteiger partial charge in [-0.1, -0.05) is 29.8 Å². The van der Waals surface area contributed by atoms with E-state index in [1.54, 1.807) is 0 Å². The van der Waals surface area contributed by atoms with Crippen molar-refractivity contribution in [2.75, 3.05) is 6.54 Å². The molecule has 1 aromatic carbocycles. The lowest BCUT2D eigenvalue weighted by Gasteiger charge is -2.29. The largest absolute Gasteiger partial charge is 0.330 e. The van der Waals surface area contributed by atoms with Crippen LogP contribution >= 0.6 is 11.6 Å². The van der Waals surface area contributed by atoms with Crippen LogP contribution < -0.4 is 5.73 Å². The van der Waals surface area contributed by atoms with Crippen molar-refractivity contribution in [1.29, 1.82) is 0 Å². The van der Waals surface area contributed by atoms with Gasteiger partial charge in [-0.15, -0.1) is 0 Å². The molecule has 1 atom stereocenters. The molecule has 0 aliphatic rings. The second-order valence-electron chi connectivity index (χ2n) is 4.59. The summed E-state index contributed by atoms with van der Waals surface area (Å²) in [6, 6.07) is 13.9. The average molecular weight is 261 g/mol. The minimum atomic E-state index is -0.166. The van der Waals surface area contributed by atoms with E-state index in [4.69, 9.17) is 17.3 Å². The molecule has 0 bridgehead atoms. The first-order chi connectivity index (χ1) is 8.66. The van der Waals surface area contributed by atoms with Gasteiger partial charge in [0.1, 0.15) is 0 Å². The third kappa shape index (κ3) is 2.55. The molecule has 1 aromatic heterocycles. The molecule has 94 valence electrons. The van der Waals surface area contributed by atoms with Crippen LogP contribution in [-0.2, 0) is 5.41 Å². The van der Waals surface area contributed by atoms with Crippen LogP contribution in [0.4, 0.5) is 0 Å². The lowest BCUT2D eigenvalue weighted by atomic mass is 9.76. The molecule has 0 saturated heterocycles. The number of nitrogens with zero attached hydrogens (tertiary/aromatic N) is 1. The maximum Gasteiger partial charge on any atom is 0.0506 e. The van der Waals surface area contributed by atoms with Gasteiger partial charge in [0.05, 0.1) is 5.69 Å². The highest BCUT2D eigenvalue weighted by molar-refractivity contribution is 6.30. The van der Waals surface area contributed by atoms with Gasteiger partial charge in [-0.3, -0.25) is 4.98 Å². The van der Waals surface area contributed by atoms with Gasteiger partial charge in [0.15, 0.2) is 0 Å². The van der Waals surface area contributed by atoms with Crippen molar-refractivity contribution in [3.8, 4) is 0 Å². The summed E-state index contributed by atoms with van der Waals surface area (Å²) in [5.41, 5.74) is 7.83. The molecule has 2 nitrogen and oxygen atoms in total. The van der Waals surface area contributed by atoms with E-state index in [0.717, 1.165) is 17.1 Å². The molecule has 2 aromatic rings. The zero-order valence-electron chi connectivity index (χ0n) is 10.4. The summed E-state index contributed by atoms with van der Waals surface area (Å²) in [6.07, 6.45) is 2.67. The van der Waals surface area contributed by atoms with Crippen molar-refractivity contribution in [3.05, 3.63) is 64.9 Å². The first-order valence-electron chi connectivity index (χ1n) is 6.04. The summed E-state index contributed by atoms with van der Waals surface area (Å²) >= 11 is 5.94. The summed E-state index contributed by atoms with van der Waals surface area (Å²) in [6.45, 7) is 2.79. The summed E-state index contributed by atoms with van der Waals surface area (Å²) in [5.74, 6) is 0. The molecule has 2 rings (SSSR count). The molecule has 0 saturated carbocycles. The number of nitrogens with two attached hydrogens (primary N) is 1. The highest BCUT2D eigenvalue weighted by Crippen LogP contribution is 2.34. The smallest absolute Gasteiger partial charge is 0.0506 e. The van der Waals surface area contributed by atoms with E-state index < -0.39 is 0 Å². The Bertz CT molecular complexity index is 496. The van der Waals surface area contributed by atoms with Crippen LogP contribution in [0.3, 0.4) is 0 Å². The number of hydrogen-bond donors (Lipinski definition) is 1. The predicted octanol–water partition coefficient (Wildman–Crippen LogP) is 3.39. The Balaban J connectivity index is 2.47. The van der Waals surface area contributed by atoms with Crippen LogP contribution in [0, 0.1) is 0 Å². The minimum absolute atomic E-state index is 0.166. The molecule has 18 heavy (non-hydrogen) atoms. The highest BCUT2D eigenvalue weighted by Gasteiger charge is 2.29. The molecule has 3 heteroatoms. The molecule has 0 fully saturated rings. The van der Waals surface area contributed by atoms with Crippen molar-refractivity contribution in [1.82, 2.24) is 4.98 Å². The fraction of sp³-hybridized carbons (Fsp3) is 0.267. The molecule has 0 spiro atoms. The molecular weight excluding hydrogens is 244 g/mol. The first kappa shape index (κ1) is 13.1. The fourth-order valence-corrected chi connectivity index (χ4v) is 2.34. The Morgan fingerprint density at radius 1 is 1.17 bits per heavy atom. The van der Waals surface area contributed by atoms with Crippen LogP contribution in [0.15, 0.2) is 48.7 Å². The Morgan fingerprint density at radius 2 is 1.89 bits per heavy atom. The molecule has 0 radical (unpaired) electrons. The van der Waals surface area contributed by atoms with Gasteiger partial charge in [0.25, 0.3) is 0 Å². The number of aromatic nitrogens is 1. The number of pyridine rings is 1. The van der Waals surface area contributed by atoms with Gasteiger partial charge in [-0.25, -0.2) is 0 Å². The molecule has 1 heterocycles. The quantitative estimate of drug-likeness (QED) is 0.915. The molecule has 0 aliphatic carbocycles. The Kier molecular flexibility index (Phi) is 4.00. The second kappa shape index (κ2) is 5.51. The SMILES string of the molecule is CC(CCN)(c1ccc(Cl)cc1)c1ccccn1. The molecule has 1 unspecified atom stereocenters. The standard InChI is InChI=1S/C15H17ClN2/c1-15(9-10-17,14-4-2-3-11-18-14)12-5-7-13(16)8-6-12/h2-8,11H,9-10,17H2,1H3. The summed E-state index contributed by atoms with van der Waals surface area (Å²) in [7, 11) is 0. The zero-order chi connectivity index (χ0) is 13.0. The third-order valence-electron chi connectivity index (χ3n) is 3.36. The van der Waals surface area contributed by atoms with E-state index in [9.17, 15) is 0 Å². The zero-order valence-corrected chi connectivity index (χ0v) is 11.2. The Hall–Kier alpha value is -1.38. The Labute approximate surface area is 113 Å². The van der Waals surface area contributed by atoms with Gasteiger partial charge in [-0.05, 0) is 49.7 Å². The van der Waals surface area contributed by atoms with Gasteiger partial charge in [0, 0.05) is 16.6 Å². The van der Waals surface area contributed by atoms with Crippen molar-refractivity contribution in [2.24, 2.45) is 5.73 Å². The van der Waals surface area contributed by atoms with E-state index in [2.05, 4.69) is 11.9 Å². The number of halogens is 1. The van der Waals surface area contributed by atoms with Gasteiger partial charge in [-0.2, -0.15) is 0 Å². The second-order valence-corrected chi connectivity index (χ2v) is 5.03. The first-order valence-corrected chi connectivity index (χ1v) is 6.42. The lowest BCUT2D eigenvalue weighted by Crippen LogP contribution is -2.28. The topological polar surface area (TPSA) is 38.9 Å². The maximum absolute atomic E-state index is 5.94. The average Bonchev–Trinajstić information content (AvgIpc) is 2.40. The lowest BCUT2D eigenvalue weighted by molar-refractivity contribution is 0.512. The van der Waals surface area contributed by atoms with E-state index in [1.165, 1.54) is 5.56 Å². The highest BCUT2D eigenvalue weighted by atomic mass is 35.5. The summed E-state index contributed by atoms with van der Waals surface area (Å²) in [5, 5.41) is 0.745. The van der Waals surface area contributed by atoms with Crippen LogP contribution in [0.5, 0.6) is 0 Å². The maximum atomic E-state index is 5.94. The minimum Gasteiger partial charge on any atom is -0.330 e. The van der Waals surface area contributed by atoms with Crippen LogP contribution in [0.25, 0.3) is 0 Å². The van der Waals surface area contributed by atoms with Crippen LogP contribution in [-0.4, -0.2) is 11.5 Å². The van der Waals surface area contributed by atoms with Gasteiger partial charge < -0.3 is 5.73 Å². The molecule has 0 amide bonds. The van der Waals surface area contributed by atoms with E-state index in [0.29, 0.717) is 6.54 Å². The molecule has 0 aliphatic heterocycles. The molecular formula is C15H17ClN2. The van der Waals surface area contributed by atoms with Crippen LogP contribution in [0.1, 0.15) is 24.6 Å². The van der Waals surface area contributed by atoms with Crippen molar-refractivity contribution < 1.29 is 0 Å². The summed E-state index contributed by atoms with van der Waals surface area (Å²) < 4.78 is 0. The monoisotopic (exact) mass is 260 g/mol. The van der Waals surface area contributed by atoms with E-state index >= 15 is 0 Å². The predicted molar refractivity (Wildman–Crippen MR) is 75.8 cm³/mol.